The molecule has 1 aliphatic heterocycles. The standard InChI is InChI=1S/C9H18N2O2S/c1-13-5-2-10-8-9(12)11-3-6-14-7-4-11/h10H,2-8H2,1H3. The zero-order valence-electron chi connectivity index (χ0n) is 8.62. The molecule has 4 nitrogen and oxygen atoms in total. The third kappa shape index (κ3) is 4.30. The molecule has 0 bridgehead atoms. The van der Waals surface area contributed by atoms with Crippen molar-refractivity contribution in [1.29, 1.82) is 0 Å². The Morgan fingerprint density at radius 2 is 2.21 bits per heavy atom. The second-order valence-corrected chi connectivity index (χ2v) is 4.39. The number of amides is 1. The molecule has 0 aliphatic carbocycles. The van der Waals surface area contributed by atoms with Gasteiger partial charge in [-0.25, -0.2) is 0 Å². The predicted octanol–water partition coefficient (Wildman–Crippen LogP) is -0.202. The number of hydrogen-bond donors (Lipinski definition) is 1. The van der Waals surface area contributed by atoms with Gasteiger partial charge in [-0.2, -0.15) is 11.8 Å². The lowest BCUT2D eigenvalue weighted by molar-refractivity contribution is -0.129. The largest absolute Gasteiger partial charge is 0.383 e. The maximum Gasteiger partial charge on any atom is 0.236 e. The molecule has 1 fully saturated rings. The van der Waals surface area contributed by atoms with Crippen molar-refractivity contribution in [1.82, 2.24) is 10.2 Å². The van der Waals surface area contributed by atoms with Crippen molar-refractivity contribution in [3.63, 3.8) is 0 Å². The molecular formula is C9H18N2O2S. The van der Waals surface area contributed by atoms with Gasteiger partial charge in [0.2, 0.25) is 5.91 Å². The van der Waals surface area contributed by atoms with Crippen LogP contribution in [0.4, 0.5) is 0 Å². The van der Waals surface area contributed by atoms with E-state index < -0.39 is 0 Å². The molecule has 0 radical (unpaired) electrons. The Morgan fingerprint density at radius 1 is 1.50 bits per heavy atom. The summed E-state index contributed by atoms with van der Waals surface area (Å²) in [5.41, 5.74) is 0. The highest BCUT2D eigenvalue weighted by Crippen LogP contribution is 2.08. The number of nitrogens with zero attached hydrogens (tertiary/aromatic N) is 1. The highest BCUT2D eigenvalue weighted by molar-refractivity contribution is 7.99. The fraction of sp³-hybridized carbons (Fsp3) is 0.889. The van der Waals surface area contributed by atoms with Crippen molar-refractivity contribution < 1.29 is 9.53 Å². The van der Waals surface area contributed by atoms with Crippen LogP contribution in [0.2, 0.25) is 0 Å². The van der Waals surface area contributed by atoms with E-state index in [9.17, 15) is 4.79 Å². The van der Waals surface area contributed by atoms with Crippen LogP contribution in [0.15, 0.2) is 0 Å². The van der Waals surface area contributed by atoms with Crippen molar-refractivity contribution >= 4 is 17.7 Å². The molecule has 0 atom stereocenters. The van der Waals surface area contributed by atoms with Gasteiger partial charge in [0.25, 0.3) is 0 Å². The Labute approximate surface area is 89.4 Å². The normalized spacial score (nSPS) is 17.1. The molecule has 0 unspecified atom stereocenters. The minimum Gasteiger partial charge on any atom is -0.383 e. The van der Waals surface area contributed by atoms with Crippen molar-refractivity contribution in [2.45, 2.75) is 0 Å². The lowest BCUT2D eigenvalue weighted by Gasteiger charge is -2.26. The van der Waals surface area contributed by atoms with Crippen LogP contribution >= 0.6 is 11.8 Å². The van der Waals surface area contributed by atoms with E-state index in [0.29, 0.717) is 13.2 Å². The van der Waals surface area contributed by atoms with Crippen LogP contribution in [-0.4, -0.2) is 62.2 Å². The molecule has 0 aromatic carbocycles. The van der Waals surface area contributed by atoms with Crippen LogP contribution in [0.1, 0.15) is 0 Å². The Bertz CT molecular complexity index is 172. The monoisotopic (exact) mass is 218 g/mol. The zero-order chi connectivity index (χ0) is 10.2. The van der Waals surface area contributed by atoms with Crippen molar-refractivity contribution in [2.24, 2.45) is 0 Å². The lowest BCUT2D eigenvalue weighted by Crippen LogP contribution is -2.43. The van der Waals surface area contributed by atoms with E-state index in [-0.39, 0.29) is 5.91 Å². The summed E-state index contributed by atoms with van der Waals surface area (Å²) >= 11 is 1.91. The number of methoxy groups -OCH3 is 1. The van der Waals surface area contributed by atoms with Gasteiger partial charge in [-0.15, -0.1) is 0 Å². The van der Waals surface area contributed by atoms with Gasteiger partial charge >= 0.3 is 0 Å². The van der Waals surface area contributed by atoms with Crippen LogP contribution in [0.5, 0.6) is 0 Å². The summed E-state index contributed by atoms with van der Waals surface area (Å²) in [4.78, 5) is 13.5. The number of thioether (sulfide) groups is 1. The summed E-state index contributed by atoms with van der Waals surface area (Å²) in [6, 6.07) is 0. The Balaban J connectivity index is 2.07. The molecule has 0 spiro atoms. The van der Waals surface area contributed by atoms with Crippen molar-refractivity contribution in [2.75, 3.05) is 51.4 Å². The van der Waals surface area contributed by atoms with E-state index in [0.717, 1.165) is 31.1 Å². The molecule has 0 saturated carbocycles. The number of carbonyl (C=O) groups excluding carboxylic acids is 1. The molecule has 82 valence electrons. The van der Waals surface area contributed by atoms with E-state index in [1.165, 1.54) is 0 Å². The molecule has 1 N–H and O–H groups in total. The fourth-order valence-electron chi connectivity index (χ4n) is 1.29. The summed E-state index contributed by atoms with van der Waals surface area (Å²) < 4.78 is 4.88. The van der Waals surface area contributed by atoms with E-state index in [2.05, 4.69) is 5.32 Å². The summed E-state index contributed by atoms with van der Waals surface area (Å²) in [7, 11) is 1.66. The summed E-state index contributed by atoms with van der Waals surface area (Å²) in [6.07, 6.45) is 0. The molecular weight excluding hydrogens is 200 g/mol. The number of rotatable bonds is 5. The van der Waals surface area contributed by atoms with Crippen LogP contribution in [0, 0.1) is 0 Å². The predicted molar refractivity (Wildman–Crippen MR) is 58.7 cm³/mol. The van der Waals surface area contributed by atoms with Gasteiger partial charge in [-0.05, 0) is 0 Å². The second-order valence-electron chi connectivity index (χ2n) is 3.16. The van der Waals surface area contributed by atoms with E-state index >= 15 is 0 Å². The average molecular weight is 218 g/mol. The number of ether oxygens (including phenoxy) is 1. The van der Waals surface area contributed by atoms with Gasteiger partial charge in [0.1, 0.15) is 0 Å². The first-order valence-corrected chi connectivity index (χ1v) is 6.05. The van der Waals surface area contributed by atoms with Crippen molar-refractivity contribution in [3.05, 3.63) is 0 Å². The third-order valence-electron chi connectivity index (χ3n) is 2.12. The first kappa shape index (κ1) is 11.8. The number of carbonyl (C=O) groups is 1. The molecule has 14 heavy (non-hydrogen) atoms. The summed E-state index contributed by atoms with van der Waals surface area (Å²) in [5.74, 6) is 2.36. The van der Waals surface area contributed by atoms with Crippen LogP contribution < -0.4 is 5.32 Å². The van der Waals surface area contributed by atoms with Gasteiger partial charge in [0, 0.05) is 38.2 Å². The number of hydrogen-bond acceptors (Lipinski definition) is 4. The Morgan fingerprint density at radius 3 is 2.86 bits per heavy atom. The molecule has 1 aliphatic rings. The summed E-state index contributed by atoms with van der Waals surface area (Å²) in [6.45, 7) is 3.63. The first-order valence-electron chi connectivity index (χ1n) is 4.90. The molecule has 0 aromatic heterocycles. The smallest absolute Gasteiger partial charge is 0.236 e. The van der Waals surface area contributed by atoms with Crippen LogP contribution in [0.3, 0.4) is 0 Å². The maximum absolute atomic E-state index is 11.6. The topological polar surface area (TPSA) is 41.6 Å². The van der Waals surface area contributed by atoms with Gasteiger partial charge in [0.05, 0.1) is 13.2 Å². The molecule has 1 rings (SSSR count). The Kier molecular flexibility index (Phi) is 5.98. The Hall–Kier alpha value is -0.260. The van der Waals surface area contributed by atoms with Gasteiger partial charge in [-0.3, -0.25) is 4.79 Å². The average Bonchev–Trinajstić information content (AvgIpc) is 2.25. The van der Waals surface area contributed by atoms with Gasteiger partial charge in [-0.1, -0.05) is 0 Å². The second kappa shape index (κ2) is 7.09. The number of nitrogens with one attached hydrogen (secondary N) is 1. The molecule has 0 aromatic rings. The van der Waals surface area contributed by atoms with Crippen molar-refractivity contribution in [3.8, 4) is 0 Å². The highest BCUT2D eigenvalue weighted by Gasteiger charge is 2.15. The maximum atomic E-state index is 11.6. The third-order valence-corrected chi connectivity index (χ3v) is 3.07. The highest BCUT2D eigenvalue weighted by atomic mass is 32.2. The fourth-order valence-corrected chi connectivity index (χ4v) is 2.20. The molecule has 1 heterocycles. The quantitative estimate of drug-likeness (QED) is 0.649. The van der Waals surface area contributed by atoms with Gasteiger partial charge in [0.15, 0.2) is 0 Å². The van der Waals surface area contributed by atoms with Crippen LogP contribution in [0.25, 0.3) is 0 Å². The van der Waals surface area contributed by atoms with Gasteiger partial charge < -0.3 is 15.0 Å². The SMILES string of the molecule is COCCNCC(=O)N1CCSCC1. The van der Waals surface area contributed by atoms with Crippen LogP contribution in [-0.2, 0) is 9.53 Å². The minimum absolute atomic E-state index is 0.210. The van der Waals surface area contributed by atoms with E-state index in [1.54, 1.807) is 7.11 Å². The van der Waals surface area contributed by atoms with E-state index in [4.69, 9.17) is 4.74 Å². The molecule has 1 saturated heterocycles. The van der Waals surface area contributed by atoms with E-state index in [1.807, 2.05) is 16.7 Å². The molecule has 5 heteroatoms. The lowest BCUT2D eigenvalue weighted by atomic mass is 10.4. The minimum atomic E-state index is 0.210. The summed E-state index contributed by atoms with van der Waals surface area (Å²) in [5, 5.41) is 3.06. The molecule has 1 amide bonds. The zero-order valence-corrected chi connectivity index (χ0v) is 9.44. The first-order chi connectivity index (χ1) is 6.84.